The average Bonchev–Trinajstić information content (AvgIpc) is 3.73. The predicted octanol–water partition coefficient (Wildman–Crippen LogP) is 12.3. The summed E-state index contributed by atoms with van der Waals surface area (Å²) in [5.41, 5.74) is 11.8. The number of nitrogens with zero attached hydrogens (tertiary/aromatic N) is 4. The van der Waals surface area contributed by atoms with Crippen molar-refractivity contribution < 1.29 is 4.42 Å². The molecule has 7 aromatic carbocycles. The lowest BCUT2D eigenvalue weighted by Crippen LogP contribution is -2.13. The van der Waals surface area contributed by atoms with E-state index in [4.69, 9.17) is 14.4 Å². The summed E-state index contributed by atoms with van der Waals surface area (Å²) in [5.74, 6) is 1.71. The first-order valence-corrected chi connectivity index (χ1v) is 17.2. The van der Waals surface area contributed by atoms with Crippen LogP contribution in [0.2, 0.25) is 0 Å². The second-order valence-electron chi connectivity index (χ2n) is 13.0. The van der Waals surface area contributed by atoms with Gasteiger partial charge in [0.25, 0.3) is 0 Å². The van der Waals surface area contributed by atoms with Gasteiger partial charge in [-0.15, -0.1) is 0 Å². The summed E-state index contributed by atoms with van der Waals surface area (Å²) in [6.07, 6.45) is 0. The van der Waals surface area contributed by atoms with Crippen LogP contribution in [0.25, 0.3) is 83.2 Å². The van der Waals surface area contributed by atoms with Gasteiger partial charge in [-0.2, -0.15) is 0 Å². The van der Waals surface area contributed by atoms with Crippen molar-refractivity contribution in [2.75, 3.05) is 4.90 Å². The predicted molar refractivity (Wildman–Crippen MR) is 208 cm³/mol. The first-order chi connectivity index (χ1) is 25.3. The highest BCUT2D eigenvalue weighted by Gasteiger charge is 2.29. The van der Waals surface area contributed by atoms with E-state index >= 15 is 0 Å². The van der Waals surface area contributed by atoms with E-state index in [2.05, 4.69) is 143 Å². The fraction of sp³-hybridized carbons (Fsp3) is 0. The van der Waals surface area contributed by atoms with E-state index < -0.39 is 0 Å². The maximum atomic E-state index is 6.39. The third kappa shape index (κ3) is 4.15. The summed E-state index contributed by atoms with van der Waals surface area (Å²) in [7, 11) is 0. The van der Waals surface area contributed by atoms with Gasteiger partial charge in [0.05, 0.1) is 16.9 Å². The summed E-state index contributed by atoms with van der Waals surface area (Å²) in [5, 5.41) is 4.60. The van der Waals surface area contributed by atoms with Gasteiger partial charge < -0.3 is 4.42 Å². The maximum Gasteiger partial charge on any atom is 0.180 e. The average molecular weight is 653 g/mol. The lowest BCUT2D eigenvalue weighted by atomic mass is 9.95. The zero-order valence-electron chi connectivity index (χ0n) is 27.4. The van der Waals surface area contributed by atoms with E-state index in [1.54, 1.807) is 0 Å². The molecule has 1 aliphatic heterocycles. The topological polar surface area (TPSA) is 47.1 Å². The number of aromatic nitrogens is 3. The van der Waals surface area contributed by atoms with Gasteiger partial charge in [0.2, 0.25) is 0 Å². The molecule has 0 N–H and O–H groups in total. The Labute approximate surface area is 293 Å². The highest BCUT2D eigenvalue weighted by molar-refractivity contribution is 6.09. The summed E-state index contributed by atoms with van der Waals surface area (Å²) < 4.78 is 8.81. The van der Waals surface area contributed by atoms with Crippen molar-refractivity contribution in [2.45, 2.75) is 0 Å². The summed E-state index contributed by atoms with van der Waals surface area (Å²) >= 11 is 0. The molecule has 11 rings (SSSR count). The Morgan fingerprint density at radius 2 is 1.25 bits per heavy atom. The van der Waals surface area contributed by atoms with Gasteiger partial charge in [-0.1, -0.05) is 121 Å². The van der Waals surface area contributed by atoms with Crippen molar-refractivity contribution in [3.8, 4) is 39.5 Å². The molecule has 3 aromatic heterocycles. The molecule has 5 heteroatoms. The first kappa shape index (κ1) is 27.9. The molecule has 0 spiro atoms. The quantitative estimate of drug-likeness (QED) is 0.191. The van der Waals surface area contributed by atoms with Crippen molar-refractivity contribution in [1.82, 2.24) is 14.5 Å². The van der Waals surface area contributed by atoms with Crippen LogP contribution in [0, 0.1) is 0 Å². The van der Waals surface area contributed by atoms with Gasteiger partial charge in [0.15, 0.2) is 11.4 Å². The molecule has 0 aliphatic carbocycles. The van der Waals surface area contributed by atoms with Crippen LogP contribution in [0.1, 0.15) is 0 Å². The molecule has 0 fully saturated rings. The normalized spacial score (nSPS) is 12.3. The van der Waals surface area contributed by atoms with Gasteiger partial charge in [0, 0.05) is 38.7 Å². The van der Waals surface area contributed by atoms with Crippen molar-refractivity contribution in [3.63, 3.8) is 0 Å². The van der Waals surface area contributed by atoms with Crippen molar-refractivity contribution in [2.24, 2.45) is 0 Å². The molecule has 0 atom stereocenters. The van der Waals surface area contributed by atoms with E-state index in [1.165, 1.54) is 27.3 Å². The van der Waals surface area contributed by atoms with E-state index in [0.29, 0.717) is 11.4 Å². The minimum Gasteiger partial charge on any atom is -0.452 e. The number of hydrogen-bond acceptors (Lipinski definition) is 4. The fourth-order valence-corrected chi connectivity index (χ4v) is 7.86. The number of para-hydroxylation sites is 3. The van der Waals surface area contributed by atoms with Crippen LogP contribution in [0.4, 0.5) is 17.2 Å². The molecule has 0 amide bonds. The Hall–Kier alpha value is -6.98. The van der Waals surface area contributed by atoms with Gasteiger partial charge in [-0.25, -0.2) is 9.97 Å². The molecule has 238 valence electrons. The molecule has 10 aromatic rings. The molecule has 0 saturated carbocycles. The van der Waals surface area contributed by atoms with Crippen LogP contribution in [-0.2, 0) is 0 Å². The molecule has 0 radical (unpaired) electrons. The third-order valence-electron chi connectivity index (χ3n) is 10.1. The lowest BCUT2D eigenvalue weighted by Gasteiger charge is -2.26. The van der Waals surface area contributed by atoms with Crippen LogP contribution in [-0.4, -0.2) is 14.5 Å². The number of anilines is 3. The number of rotatable bonds is 3. The van der Waals surface area contributed by atoms with Crippen LogP contribution < -0.4 is 4.90 Å². The minimum absolute atomic E-state index is 0.646. The van der Waals surface area contributed by atoms with Gasteiger partial charge in [-0.3, -0.25) is 9.47 Å². The zero-order valence-corrected chi connectivity index (χ0v) is 27.4. The Bertz CT molecular complexity index is 2990. The smallest absolute Gasteiger partial charge is 0.180 e. The minimum atomic E-state index is 0.646. The molecule has 1 aliphatic rings. The van der Waals surface area contributed by atoms with Gasteiger partial charge in [-0.05, 0) is 59.3 Å². The molecule has 51 heavy (non-hydrogen) atoms. The summed E-state index contributed by atoms with van der Waals surface area (Å²) in [6.45, 7) is 0. The molecule has 0 saturated heterocycles. The second kappa shape index (κ2) is 10.8. The number of hydrogen-bond donors (Lipinski definition) is 0. The van der Waals surface area contributed by atoms with E-state index in [0.717, 1.165) is 61.7 Å². The fourth-order valence-electron chi connectivity index (χ4n) is 7.86. The molecular formula is C46H28N4O. The van der Waals surface area contributed by atoms with Crippen LogP contribution in [0.15, 0.2) is 174 Å². The first-order valence-electron chi connectivity index (χ1n) is 17.2. The SMILES string of the molecule is c1ccc(-c2nc(-c3cccc(N4c5ccccc5-c5c(ccc6ccccc56)-n5c4cc4ccccc45)c3)nc3c2oc2ccccc23)cc1. The number of furan rings is 1. The monoisotopic (exact) mass is 652 g/mol. The summed E-state index contributed by atoms with van der Waals surface area (Å²) in [6, 6.07) is 59.8. The standard InChI is InChI=1S/C46H28N4O/c1-2-14-30(15-3-1)43-45-44(36-21-8-11-24-40(36)51-45)48-46(47-43)32-17-12-18-33(27-32)49-38-23-10-7-20-35(38)42-34-19-6-4-13-29(34)25-26-39(42)50-37-22-9-5-16-31(37)28-41(49)50/h1-28H. The molecule has 4 heterocycles. The molecular weight excluding hydrogens is 625 g/mol. The Balaban J connectivity index is 1.18. The van der Waals surface area contributed by atoms with Crippen LogP contribution in [0.5, 0.6) is 0 Å². The Morgan fingerprint density at radius 1 is 0.510 bits per heavy atom. The highest BCUT2D eigenvalue weighted by atomic mass is 16.3. The Kier molecular flexibility index (Phi) is 5.89. The lowest BCUT2D eigenvalue weighted by molar-refractivity contribution is 0.667. The van der Waals surface area contributed by atoms with E-state index in [1.807, 2.05) is 36.4 Å². The molecule has 0 bridgehead atoms. The number of fused-ring (bicyclic) bond motifs is 12. The van der Waals surface area contributed by atoms with Gasteiger partial charge in [0.1, 0.15) is 22.6 Å². The van der Waals surface area contributed by atoms with Crippen molar-refractivity contribution >= 4 is 60.9 Å². The summed E-state index contributed by atoms with van der Waals surface area (Å²) in [4.78, 5) is 12.8. The van der Waals surface area contributed by atoms with Gasteiger partial charge >= 0.3 is 0 Å². The van der Waals surface area contributed by atoms with Crippen LogP contribution in [0.3, 0.4) is 0 Å². The third-order valence-corrected chi connectivity index (χ3v) is 10.1. The van der Waals surface area contributed by atoms with Crippen molar-refractivity contribution in [3.05, 3.63) is 170 Å². The zero-order chi connectivity index (χ0) is 33.5. The second-order valence-corrected chi connectivity index (χ2v) is 13.0. The van der Waals surface area contributed by atoms with Crippen LogP contribution >= 0.6 is 0 Å². The Morgan fingerprint density at radius 3 is 2.18 bits per heavy atom. The van der Waals surface area contributed by atoms with E-state index in [9.17, 15) is 0 Å². The molecule has 5 nitrogen and oxygen atoms in total. The van der Waals surface area contributed by atoms with Crippen molar-refractivity contribution in [1.29, 1.82) is 0 Å². The highest BCUT2D eigenvalue weighted by Crippen LogP contribution is 2.51. The number of benzene rings is 7. The van der Waals surface area contributed by atoms with E-state index in [-0.39, 0.29) is 0 Å². The molecule has 0 unspecified atom stereocenters. The maximum absolute atomic E-state index is 6.39. The largest absolute Gasteiger partial charge is 0.452 e.